The number of nitrogens with zero attached hydrogens (tertiary/aromatic N) is 3. The SMILES string of the molecule is CCCOc1ccc(/C=c2/sc3nc(/C=C/c4cccs4)nn3c2=O)cc1OCC. The van der Waals surface area contributed by atoms with Gasteiger partial charge in [-0.1, -0.05) is 30.4 Å². The lowest BCUT2D eigenvalue weighted by molar-refractivity contribution is 0.277. The molecule has 3 heterocycles. The van der Waals surface area contributed by atoms with E-state index in [1.165, 1.54) is 15.9 Å². The number of aromatic nitrogens is 3. The Kier molecular flexibility index (Phi) is 6.25. The lowest BCUT2D eigenvalue weighted by Crippen LogP contribution is -2.23. The van der Waals surface area contributed by atoms with Crippen LogP contribution in [0.15, 0.2) is 40.5 Å². The molecule has 4 rings (SSSR count). The van der Waals surface area contributed by atoms with E-state index in [2.05, 4.69) is 17.0 Å². The molecule has 0 N–H and O–H groups in total. The van der Waals surface area contributed by atoms with Crippen LogP contribution in [0.2, 0.25) is 0 Å². The smallest absolute Gasteiger partial charge is 0.291 e. The first-order valence-corrected chi connectivity index (χ1v) is 11.4. The Balaban J connectivity index is 1.64. The fraction of sp³-hybridized carbons (Fsp3) is 0.227. The molecule has 4 aromatic rings. The van der Waals surface area contributed by atoms with Gasteiger partial charge in [-0.3, -0.25) is 4.79 Å². The van der Waals surface area contributed by atoms with E-state index in [9.17, 15) is 4.79 Å². The number of ether oxygens (including phenoxy) is 2. The molecule has 30 heavy (non-hydrogen) atoms. The Morgan fingerprint density at radius 3 is 2.77 bits per heavy atom. The number of thiazole rings is 1. The van der Waals surface area contributed by atoms with Gasteiger partial charge in [-0.15, -0.1) is 16.4 Å². The Morgan fingerprint density at radius 1 is 1.13 bits per heavy atom. The first kappa shape index (κ1) is 20.3. The minimum atomic E-state index is -0.178. The standard InChI is InChI=1S/C22H21N3O3S2/c1-3-11-28-17-9-7-15(13-18(17)27-4-2)14-19-21(26)25-22(30-19)23-20(24-25)10-8-16-6-5-12-29-16/h5-10,12-14H,3-4,11H2,1-2H3/b10-8+,19-14+. The van der Waals surface area contributed by atoms with Crippen molar-refractivity contribution in [3.05, 3.63) is 66.9 Å². The summed E-state index contributed by atoms with van der Waals surface area (Å²) >= 11 is 2.95. The molecule has 0 spiro atoms. The van der Waals surface area contributed by atoms with Crippen LogP contribution < -0.4 is 19.6 Å². The Hall–Kier alpha value is -2.97. The van der Waals surface area contributed by atoms with Crippen LogP contribution >= 0.6 is 22.7 Å². The maximum absolute atomic E-state index is 12.8. The summed E-state index contributed by atoms with van der Waals surface area (Å²) in [5.74, 6) is 1.91. The third-order valence-electron chi connectivity index (χ3n) is 4.17. The van der Waals surface area contributed by atoms with Crippen LogP contribution in [0.5, 0.6) is 11.5 Å². The molecule has 6 nitrogen and oxygen atoms in total. The first-order chi connectivity index (χ1) is 14.7. The highest BCUT2D eigenvalue weighted by atomic mass is 32.1. The number of hydrogen-bond donors (Lipinski definition) is 0. The van der Waals surface area contributed by atoms with E-state index < -0.39 is 0 Å². The molecular formula is C22H21N3O3S2. The van der Waals surface area contributed by atoms with Crippen molar-refractivity contribution in [2.45, 2.75) is 20.3 Å². The van der Waals surface area contributed by atoms with E-state index in [0.717, 1.165) is 16.9 Å². The van der Waals surface area contributed by atoms with E-state index in [0.29, 0.717) is 40.0 Å². The zero-order chi connectivity index (χ0) is 20.9. The Morgan fingerprint density at radius 2 is 2.03 bits per heavy atom. The van der Waals surface area contributed by atoms with Crippen molar-refractivity contribution >= 4 is 45.9 Å². The van der Waals surface area contributed by atoms with Crippen molar-refractivity contribution in [1.29, 1.82) is 0 Å². The van der Waals surface area contributed by atoms with Gasteiger partial charge in [-0.2, -0.15) is 9.50 Å². The van der Waals surface area contributed by atoms with Gasteiger partial charge in [0.2, 0.25) is 4.96 Å². The van der Waals surface area contributed by atoms with Crippen LogP contribution in [0.3, 0.4) is 0 Å². The number of thiophene rings is 1. The predicted octanol–water partition coefficient (Wildman–Crippen LogP) is 4.12. The van der Waals surface area contributed by atoms with Gasteiger partial charge in [-0.05, 0) is 60.7 Å². The summed E-state index contributed by atoms with van der Waals surface area (Å²) in [4.78, 5) is 18.9. The van der Waals surface area contributed by atoms with Gasteiger partial charge in [0.25, 0.3) is 5.56 Å². The highest BCUT2D eigenvalue weighted by molar-refractivity contribution is 7.15. The molecule has 0 bridgehead atoms. The maximum Gasteiger partial charge on any atom is 0.291 e. The number of rotatable bonds is 8. The molecule has 0 fully saturated rings. The zero-order valence-corrected chi connectivity index (χ0v) is 18.3. The number of fused-ring (bicyclic) bond motifs is 1. The molecule has 3 aromatic heterocycles. The molecule has 154 valence electrons. The zero-order valence-electron chi connectivity index (χ0n) is 16.7. The summed E-state index contributed by atoms with van der Waals surface area (Å²) in [7, 11) is 0. The lowest BCUT2D eigenvalue weighted by Gasteiger charge is -2.11. The molecule has 0 atom stereocenters. The van der Waals surface area contributed by atoms with Crippen LogP contribution in [0.25, 0.3) is 23.2 Å². The van der Waals surface area contributed by atoms with Crippen molar-refractivity contribution in [2.75, 3.05) is 13.2 Å². The largest absolute Gasteiger partial charge is 0.490 e. The monoisotopic (exact) mass is 439 g/mol. The van der Waals surface area contributed by atoms with Gasteiger partial charge >= 0.3 is 0 Å². The molecular weight excluding hydrogens is 418 g/mol. The molecule has 0 aliphatic heterocycles. The van der Waals surface area contributed by atoms with Crippen molar-refractivity contribution < 1.29 is 9.47 Å². The van der Waals surface area contributed by atoms with Crippen LogP contribution in [-0.4, -0.2) is 27.8 Å². The van der Waals surface area contributed by atoms with Crippen LogP contribution in [0.4, 0.5) is 0 Å². The third kappa shape index (κ3) is 4.44. The minimum absolute atomic E-state index is 0.178. The maximum atomic E-state index is 12.8. The number of benzene rings is 1. The van der Waals surface area contributed by atoms with E-state index in [1.807, 2.05) is 60.9 Å². The molecule has 0 unspecified atom stereocenters. The van der Waals surface area contributed by atoms with E-state index in [-0.39, 0.29) is 5.56 Å². The van der Waals surface area contributed by atoms with Crippen molar-refractivity contribution in [1.82, 2.24) is 14.6 Å². The fourth-order valence-corrected chi connectivity index (χ4v) is 4.36. The molecule has 0 aliphatic carbocycles. The summed E-state index contributed by atoms with van der Waals surface area (Å²) in [5.41, 5.74) is 0.684. The molecule has 1 aromatic carbocycles. The molecule has 0 saturated carbocycles. The molecule has 0 saturated heterocycles. The molecule has 0 radical (unpaired) electrons. The second kappa shape index (κ2) is 9.23. The summed E-state index contributed by atoms with van der Waals surface area (Å²) < 4.78 is 13.4. The minimum Gasteiger partial charge on any atom is -0.490 e. The van der Waals surface area contributed by atoms with E-state index >= 15 is 0 Å². The lowest BCUT2D eigenvalue weighted by atomic mass is 10.2. The quantitative estimate of drug-likeness (QED) is 0.413. The van der Waals surface area contributed by atoms with Crippen LogP contribution in [0, 0.1) is 0 Å². The van der Waals surface area contributed by atoms with Gasteiger partial charge < -0.3 is 9.47 Å². The molecule has 0 amide bonds. The normalized spacial score (nSPS) is 12.3. The second-order valence-corrected chi connectivity index (χ2v) is 8.40. The van der Waals surface area contributed by atoms with Crippen LogP contribution in [-0.2, 0) is 0 Å². The van der Waals surface area contributed by atoms with Crippen molar-refractivity contribution in [3.8, 4) is 11.5 Å². The van der Waals surface area contributed by atoms with Crippen molar-refractivity contribution in [3.63, 3.8) is 0 Å². The van der Waals surface area contributed by atoms with E-state index in [4.69, 9.17) is 9.47 Å². The first-order valence-electron chi connectivity index (χ1n) is 9.70. The average Bonchev–Trinajstić information content (AvgIpc) is 3.46. The second-order valence-electron chi connectivity index (χ2n) is 6.42. The van der Waals surface area contributed by atoms with Crippen molar-refractivity contribution in [2.24, 2.45) is 0 Å². The Bertz CT molecular complexity index is 1270. The number of hydrogen-bond acceptors (Lipinski definition) is 7. The average molecular weight is 440 g/mol. The topological polar surface area (TPSA) is 65.7 Å². The third-order valence-corrected chi connectivity index (χ3v) is 5.96. The molecule has 0 aliphatic rings. The van der Waals surface area contributed by atoms with Gasteiger partial charge in [0, 0.05) is 4.88 Å². The summed E-state index contributed by atoms with van der Waals surface area (Å²) in [6.45, 7) is 5.16. The van der Waals surface area contributed by atoms with Crippen LogP contribution in [0.1, 0.15) is 36.5 Å². The molecule has 8 heteroatoms. The van der Waals surface area contributed by atoms with E-state index in [1.54, 1.807) is 11.3 Å². The fourth-order valence-electron chi connectivity index (χ4n) is 2.83. The van der Waals surface area contributed by atoms with Gasteiger partial charge in [0.15, 0.2) is 17.3 Å². The van der Waals surface area contributed by atoms with Gasteiger partial charge in [0.1, 0.15) is 0 Å². The highest BCUT2D eigenvalue weighted by Gasteiger charge is 2.10. The summed E-state index contributed by atoms with van der Waals surface area (Å²) in [5, 5.41) is 6.34. The van der Waals surface area contributed by atoms with Gasteiger partial charge in [-0.25, -0.2) is 0 Å². The van der Waals surface area contributed by atoms with Gasteiger partial charge in [0.05, 0.1) is 17.7 Å². The Labute approximate surface area is 181 Å². The predicted molar refractivity (Wildman–Crippen MR) is 123 cm³/mol. The highest BCUT2D eigenvalue weighted by Crippen LogP contribution is 2.29. The summed E-state index contributed by atoms with van der Waals surface area (Å²) in [6, 6.07) is 9.68. The summed E-state index contributed by atoms with van der Waals surface area (Å²) in [6.07, 6.45) is 6.51.